The van der Waals surface area contributed by atoms with Gasteiger partial charge < -0.3 is 15.0 Å². The van der Waals surface area contributed by atoms with Gasteiger partial charge >= 0.3 is 12.3 Å². The van der Waals surface area contributed by atoms with Crippen molar-refractivity contribution in [3.05, 3.63) is 11.1 Å². The first-order valence-electron chi connectivity index (χ1n) is 5.02. The van der Waals surface area contributed by atoms with Crippen molar-refractivity contribution in [1.82, 2.24) is 9.88 Å². The zero-order chi connectivity index (χ0) is 13.3. The lowest BCUT2D eigenvalue weighted by atomic mass is 10.1. The number of rotatable bonds is 2. The Balaban J connectivity index is 1.86. The van der Waals surface area contributed by atoms with E-state index in [2.05, 4.69) is 15.0 Å². The van der Waals surface area contributed by atoms with Crippen molar-refractivity contribution in [1.29, 1.82) is 0 Å². The van der Waals surface area contributed by atoms with Crippen LogP contribution in [0.25, 0.3) is 0 Å². The number of methoxy groups -OCH3 is 1. The Morgan fingerprint density at radius 2 is 2.28 bits per heavy atom. The third-order valence-corrected chi connectivity index (χ3v) is 3.21. The second kappa shape index (κ2) is 4.63. The lowest BCUT2D eigenvalue weighted by molar-refractivity contribution is -0.140. The Bertz CT molecular complexity index is 443. The predicted molar refractivity (Wildman–Crippen MR) is 58.5 cm³/mol. The summed E-state index contributed by atoms with van der Waals surface area (Å²) in [6, 6.07) is -0.0867. The van der Waals surface area contributed by atoms with E-state index in [0.29, 0.717) is 13.1 Å². The fourth-order valence-electron chi connectivity index (χ4n) is 1.49. The average molecular weight is 281 g/mol. The quantitative estimate of drug-likeness (QED) is 0.901. The van der Waals surface area contributed by atoms with Gasteiger partial charge in [0.1, 0.15) is 0 Å². The van der Waals surface area contributed by atoms with Crippen molar-refractivity contribution in [2.45, 2.75) is 12.2 Å². The number of nitrogens with zero attached hydrogens (tertiary/aromatic N) is 2. The molecule has 1 aromatic rings. The normalized spacial score (nSPS) is 16.3. The van der Waals surface area contributed by atoms with Crippen LogP contribution in [-0.2, 0) is 10.9 Å². The van der Waals surface area contributed by atoms with Gasteiger partial charge in [-0.1, -0.05) is 0 Å². The monoisotopic (exact) mass is 281 g/mol. The van der Waals surface area contributed by atoms with Crippen LogP contribution in [0.2, 0.25) is 0 Å². The Morgan fingerprint density at radius 1 is 1.61 bits per heavy atom. The highest BCUT2D eigenvalue weighted by atomic mass is 32.1. The molecule has 1 aliphatic heterocycles. The van der Waals surface area contributed by atoms with Gasteiger partial charge in [0.2, 0.25) is 0 Å². The van der Waals surface area contributed by atoms with Crippen molar-refractivity contribution in [2.75, 3.05) is 25.5 Å². The van der Waals surface area contributed by atoms with Crippen molar-refractivity contribution in [3.8, 4) is 0 Å². The number of likely N-dealkylation sites (tertiary alicyclic amines) is 1. The van der Waals surface area contributed by atoms with Gasteiger partial charge in [-0.15, -0.1) is 11.3 Å². The van der Waals surface area contributed by atoms with Crippen LogP contribution in [0.4, 0.5) is 23.1 Å². The number of hydrogen-bond donors (Lipinski definition) is 1. The van der Waals surface area contributed by atoms with E-state index in [4.69, 9.17) is 0 Å². The first-order chi connectivity index (χ1) is 8.40. The highest BCUT2D eigenvalue weighted by molar-refractivity contribution is 7.13. The molecule has 0 aromatic carbocycles. The van der Waals surface area contributed by atoms with Gasteiger partial charge in [0, 0.05) is 18.5 Å². The highest BCUT2D eigenvalue weighted by Gasteiger charge is 2.35. The SMILES string of the molecule is COC(=O)N1CC(Nc2nc(C(F)(F)F)cs2)C1. The van der Waals surface area contributed by atoms with Crippen LogP contribution in [0.15, 0.2) is 5.38 Å². The van der Waals surface area contributed by atoms with E-state index in [0.717, 1.165) is 16.7 Å². The molecular weight excluding hydrogens is 271 g/mol. The third kappa shape index (κ3) is 2.66. The maximum absolute atomic E-state index is 12.3. The molecule has 0 spiro atoms. The van der Waals surface area contributed by atoms with Gasteiger partial charge in [0.15, 0.2) is 10.8 Å². The molecule has 9 heteroatoms. The molecule has 100 valence electrons. The minimum absolute atomic E-state index is 0.0867. The maximum atomic E-state index is 12.3. The smallest absolute Gasteiger partial charge is 0.434 e. The Kier molecular flexibility index (Phi) is 3.33. The number of ether oxygens (including phenoxy) is 1. The van der Waals surface area contributed by atoms with Crippen molar-refractivity contribution >= 4 is 22.6 Å². The first-order valence-corrected chi connectivity index (χ1v) is 5.90. The minimum atomic E-state index is -4.42. The Labute approximate surface area is 105 Å². The zero-order valence-corrected chi connectivity index (χ0v) is 10.1. The number of hydrogen-bond acceptors (Lipinski definition) is 5. The number of carbonyl (C=O) groups excluding carboxylic acids is 1. The molecule has 0 aliphatic carbocycles. The fourth-order valence-corrected chi connectivity index (χ4v) is 2.29. The number of nitrogens with one attached hydrogen (secondary N) is 1. The summed E-state index contributed by atoms with van der Waals surface area (Å²) in [6.45, 7) is 0.793. The molecule has 0 atom stereocenters. The van der Waals surface area contributed by atoms with E-state index in [-0.39, 0.29) is 11.2 Å². The predicted octanol–water partition coefficient (Wildman–Crippen LogP) is 2.02. The molecule has 0 unspecified atom stereocenters. The largest absolute Gasteiger partial charge is 0.453 e. The summed E-state index contributed by atoms with van der Waals surface area (Å²) in [4.78, 5) is 15.9. The molecule has 1 N–H and O–H groups in total. The Hall–Kier alpha value is -1.51. The minimum Gasteiger partial charge on any atom is -0.453 e. The maximum Gasteiger partial charge on any atom is 0.434 e. The van der Waals surface area contributed by atoms with Crippen molar-refractivity contribution in [2.24, 2.45) is 0 Å². The number of aromatic nitrogens is 1. The molecule has 2 heterocycles. The van der Waals surface area contributed by atoms with Gasteiger partial charge in [-0.3, -0.25) is 0 Å². The van der Waals surface area contributed by atoms with Gasteiger partial charge in [-0.05, 0) is 0 Å². The standard InChI is InChI=1S/C9H10F3N3O2S/c1-17-8(16)15-2-5(3-15)13-7-14-6(4-18-7)9(10,11)12/h4-5H,2-3H2,1H3,(H,13,14). The van der Waals surface area contributed by atoms with Gasteiger partial charge in [-0.2, -0.15) is 13.2 Å². The van der Waals surface area contributed by atoms with E-state index in [1.54, 1.807) is 0 Å². The number of thiazole rings is 1. The van der Waals surface area contributed by atoms with Gasteiger partial charge in [0.25, 0.3) is 0 Å². The second-order valence-electron chi connectivity index (χ2n) is 3.75. The lowest BCUT2D eigenvalue weighted by Crippen LogP contribution is -2.56. The summed E-state index contributed by atoms with van der Waals surface area (Å²) in [5.41, 5.74) is -0.904. The third-order valence-electron chi connectivity index (χ3n) is 2.44. The molecule has 1 amide bonds. The number of halogens is 3. The fraction of sp³-hybridized carbons (Fsp3) is 0.556. The molecule has 2 rings (SSSR count). The number of amides is 1. The first kappa shape index (κ1) is 12.9. The molecule has 0 radical (unpaired) electrons. The summed E-state index contributed by atoms with van der Waals surface area (Å²) in [5.74, 6) is 0. The number of carbonyl (C=O) groups is 1. The molecule has 0 saturated carbocycles. The molecule has 0 bridgehead atoms. The number of anilines is 1. The molecular formula is C9H10F3N3O2S. The summed E-state index contributed by atoms with van der Waals surface area (Å²) in [5, 5.41) is 4.00. The van der Waals surface area contributed by atoms with Crippen LogP contribution in [0.5, 0.6) is 0 Å². The topological polar surface area (TPSA) is 54.5 Å². The lowest BCUT2D eigenvalue weighted by Gasteiger charge is -2.38. The molecule has 18 heavy (non-hydrogen) atoms. The molecule has 5 nitrogen and oxygen atoms in total. The van der Waals surface area contributed by atoms with Crippen LogP contribution in [0.1, 0.15) is 5.69 Å². The summed E-state index contributed by atoms with van der Waals surface area (Å²) in [7, 11) is 1.28. The van der Waals surface area contributed by atoms with Crippen LogP contribution in [-0.4, -0.2) is 42.2 Å². The van der Waals surface area contributed by atoms with E-state index in [9.17, 15) is 18.0 Å². The molecule has 1 aliphatic rings. The second-order valence-corrected chi connectivity index (χ2v) is 4.61. The van der Waals surface area contributed by atoms with Crippen molar-refractivity contribution < 1.29 is 22.7 Å². The van der Waals surface area contributed by atoms with E-state index in [1.165, 1.54) is 12.0 Å². The van der Waals surface area contributed by atoms with Crippen LogP contribution >= 0.6 is 11.3 Å². The average Bonchev–Trinajstić information content (AvgIpc) is 2.69. The number of alkyl halides is 3. The van der Waals surface area contributed by atoms with E-state index < -0.39 is 18.0 Å². The molecule has 1 fully saturated rings. The summed E-state index contributed by atoms with van der Waals surface area (Å²) < 4.78 is 41.4. The van der Waals surface area contributed by atoms with E-state index >= 15 is 0 Å². The van der Waals surface area contributed by atoms with Crippen LogP contribution in [0.3, 0.4) is 0 Å². The van der Waals surface area contributed by atoms with E-state index in [1.807, 2.05) is 0 Å². The Morgan fingerprint density at radius 3 is 2.78 bits per heavy atom. The van der Waals surface area contributed by atoms with Crippen LogP contribution in [0, 0.1) is 0 Å². The van der Waals surface area contributed by atoms with Gasteiger partial charge in [-0.25, -0.2) is 9.78 Å². The molecule has 1 aromatic heterocycles. The highest BCUT2D eigenvalue weighted by Crippen LogP contribution is 2.32. The molecule has 1 saturated heterocycles. The summed E-state index contributed by atoms with van der Waals surface area (Å²) >= 11 is 0.892. The van der Waals surface area contributed by atoms with Crippen molar-refractivity contribution in [3.63, 3.8) is 0 Å². The zero-order valence-electron chi connectivity index (χ0n) is 9.32. The van der Waals surface area contributed by atoms with Gasteiger partial charge in [0.05, 0.1) is 13.2 Å². The van der Waals surface area contributed by atoms with Crippen LogP contribution < -0.4 is 5.32 Å². The summed E-state index contributed by atoms with van der Waals surface area (Å²) in [6.07, 6.45) is -4.86.